The molecule has 1 N–H and O–H groups in total. The molecule has 0 fully saturated rings. The van der Waals surface area contributed by atoms with E-state index >= 15 is 0 Å². The fraction of sp³-hybridized carbons (Fsp3) is 0.647. The average Bonchev–Trinajstić information content (AvgIpc) is 2.34. The molecule has 0 heterocycles. The smallest absolute Gasteiger partial charge is 0.115 e. The van der Waals surface area contributed by atoms with E-state index in [-0.39, 0.29) is 5.41 Å². The second kappa shape index (κ2) is 5.16. The molecule has 2 rings (SSSR count). The van der Waals surface area contributed by atoms with Crippen LogP contribution in [0.3, 0.4) is 0 Å². The molecule has 1 aliphatic rings. The maximum atomic E-state index is 9.64. The van der Waals surface area contributed by atoms with Crippen LogP contribution in [0, 0.1) is 5.41 Å². The molecule has 19 heavy (non-hydrogen) atoms. The first kappa shape index (κ1) is 14.4. The van der Waals surface area contributed by atoms with E-state index in [1.54, 1.807) is 0 Å². The first-order valence-corrected chi connectivity index (χ1v) is 7.34. The number of rotatable bonds is 2. The number of fused-ring (bicyclic) bond motifs is 1. The lowest BCUT2D eigenvalue weighted by atomic mass is 9.82. The van der Waals surface area contributed by atoms with Crippen LogP contribution in [-0.4, -0.2) is 23.1 Å². The van der Waals surface area contributed by atoms with E-state index in [1.807, 2.05) is 12.1 Å². The predicted octanol–water partition coefficient (Wildman–Crippen LogP) is 4.14. The Morgan fingerprint density at radius 1 is 1.32 bits per heavy atom. The molecule has 2 atom stereocenters. The highest BCUT2D eigenvalue weighted by molar-refractivity contribution is 5.38. The molecule has 1 aromatic carbocycles. The van der Waals surface area contributed by atoms with Gasteiger partial charge in [0, 0.05) is 12.1 Å². The fourth-order valence-corrected chi connectivity index (χ4v) is 3.08. The van der Waals surface area contributed by atoms with Crippen LogP contribution < -0.4 is 0 Å². The molecule has 2 unspecified atom stereocenters. The Morgan fingerprint density at radius 3 is 2.63 bits per heavy atom. The Hall–Kier alpha value is -1.02. The van der Waals surface area contributed by atoms with Crippen molar-refractivity contribution >= 4 is 0 Å². The zero-order chi connectivity index (χ0) is 14.2. The minimum absolute atomic E-state index is 0.281. The summed E-state index contributed by atoms with van der Waals surface area (Å²) in [5.41, 5.74) is 3.01. The van der Waals surface area contributed by atoms with Crippen LogP contribution in [0.15, 0.2) is 18.2 Å². The summed E-state index contributed by atoms with van der Waals surface area (Å²) in [5.74, 6) is 0.394. The van der Waals surface area contributed by atoms with Gasteiger partial charge in [0.05, 0.1) is 0 Å². The number of aromatic hydroxyl groups is 1. The molecule has 0 radical (unpaired) electrons. The molecule has 0 saturated carbocycles. The van der Waals surface area contributed by atoms with Gasteiger partial charge in [0.15, 0.2) is 0 Å². The predicted molar refractivity (Wildman–Crippen MR) is 80.5 cm³/mol. The van der Waals surface area contributed by atoms with E-state index in [4.69, 9.17) is 0 Å². The molecule has 2 nitrogen and oxygen atoms in total. The van der Waals surface area contributed by atoms with Crippen molar-refractivity contribution in [3.63, 3.8) is 0 Å². The van der Waals surface area contributed by atoms with Gasteiger partial charge in [-0.2, -0.15) is 0 Å². The highest BCUT2D eigenvalue weighted by Crippen LogP contribution is 2.38. The van der Waals surface area contributed by atoms with E-state index in [1.165, 1.54) is 24.0 Å². The quantitative estimate of drug-likeness (QED) is 0.865. The SMILES string of the molecule is CC(N(C)C1CCCc2cc(O)ccc21)C(C)(C)C. The number of phenols is 1. The molecule has 1 aliphatic carbocycles. The Labute approximate surface area is 117 Å². The van der Waals surface area contributed by atoms with E-state index in [2.05, 4.69) is 45.7 Å². The molecular formula is C17H27NO. The topological polar surface area (TPSA) is 23.5 Å². The summed E-state index contributed by atoms with van der Waals surface area (Å²) < 4.78 is 0. The molecule has 0 amide bonds. The normalized spacial score (nSPS) is 21.3. The number of aryl methyl sites for hydroxylation is 1. The molecule has 0 spiro atoms. The fourth-order valence-electron chi connectivity index (χ4n) is 3.08. The minimum atomic E-state index is 0.281. The van der Waals surface area contributed by atoms with Gasteiger partial charge in [0.25, 0.3) is 0 Å². The Bertz CT molecular complexity index is 447. The van der Waals surface area contributed by atoms with Crippen molar-refractivity contribution in [2.75, 3.05) is 7.05 Å². The lowest BCUT2D eigenvalue weighted by Crippen LogP contribution is -2.42. The summed E-state index contributed by atoms with van der Waals surface area (Å²) in [6, 6.07) is 6.89. The van der Waals surface area contributed by atoms with Gasteiger partial charge in [-0.25, -0.2) is 0 Å². The Balaban J connectivity index is 2.28. The average molecular weight is 261 g/mol. The summed E-state index contributed by atoms with van der Waals surface area (Å²) in [6.07, 6.45) is 3.52. The van der Waals surface area contributed by atoms with Crippen molar-refractivity contribution in [2.45, 2.75) is 59.0 Å². The van der Waals surface area contributed by atoms with Crippen LogP contribution in [0.25, 0.3) is 0 Å². The summed E-state index contributed by atoms with van der Waals surface area (Å²) in [7, 11) is 2.24. The number of phenolic OH excluding ortho intramolecular Hbond substituents is 1. The largest absolute Gasteiger partial charge is 0.508 e. The Morgan fingerprint density at radius 2 is 2.00 bits per heavy atom. The van der Waals surface area contributed by atoms with E-state index in [0.717, 1.165) is 6.42 Å². The van der Waals surface area contributed by atoms with Crippen molar-refractivity contribution in [3.05, 3.63) is 29.3 Å². The third-order valence-electron chi connectivity index (χ3n) is 4.77. The third kappa shape index (κ3) is 2.94. The monoisotopic (exact) mass is 261 g/mol. The number of benzene rings is 1. The summed E-state index contributed by atoms with van der Waals surface area (Å²) in [6.45, 7) is 9.22. The van der Waals surface area contributed by atoms with Crippen LogP contribution in [0.4, 0.5) is 0 Å². The minimum Gasteiger partial charge on any atom is -0.508 e. The highest BCUT2D eigenvalue weighted by atomic mass is 16.3. The molecule has 0 bridgehead atoms. The van der Waals surface area contributed by atoms with Crippen LogP contribution in [0.1, 0.15) is 57.7 Å². The molecular weight excluding hydrogens is 234 g/mol. The van der Waals surface area contributed by atoms with Crippen LogP contribution >= 0.6 is 0 Å². The first-order chi connectivity index (χ1) is 8.80. The Kier molecular flexibility index (Phi) is 3.91. The summed E-state index contributed by atoms with van der Waals surface area (Å²) >= 11 is 0. The lowest BCUT2D eigenvalue weighted by molar-refractivity contribution is 0.0881. The number of hydrogen-bond donors (Lipinski definition) is 1. The maximum absolute atomic E-state index is 9.64. The first-order valence-electron chi connectivity index (χ1n) is 7.34. The zero-order valence-electron chi connectivity index (χ0n) is 12.9. The maximum Gasteiger partial charge on any atom is 0.115 e. The second-order valence-electron chi connectivity index (χ2n) is 7.00. The molecule has 0 aromatic heterocycles. The lowest BCUT2D eigenvalue weighted by Gasteiger charge is -2.42. The molecule has 0 saturated heterocycles. The molecule has 2 heteroatoms. The zero-order valence-corrected chi connectivity index (χ0v) is 12.9. The van der Waals surface area contributed by atoms with Gasteiger partial charge in [-0.05, 0) is 61.9 Å². The van der Waals surface area contributed by atoms with Gasteiger partial charge in [-0.3, -0.25) is 4.90 Å². The second-order valence-corrected chi connectivity index (χ2v) is 7.00. The van der Waals surface area contributed by atoms with Crippen molar-refractivity contribution < 1.29 is 5.11 Å². The molecule has 0 aliphatic heterocycles. The van der Waals surface area contributed by atoms with Crippen molar-refractivity contribution in [1.29, 1.82) is 0 Å². The van der Waals surface area contributed by atoms with Gasteiger partial charge in [-0.1, -0.05) is 26.8 Å². The van der Waals surface area contributed by atoms with Crippen LogP contribution in [-0.2, 0) is 6.42 Å². The third-order valence-corrected chi connectivity index (χ3v) is 4.77. The van der Waals surface area contributed by atoms with Crippen LogP contribution in [0.5, 0.6) is 5.75 Å². The van der Waals surface area contributed by atoms with E-state index in [0.29, 0.717) is 17.8 Å². The van der Waals surface area contributed by atoms with E-state index < -0.39 is 0 Å². The van der Waals surface area contributed by atoms with Crippen LogP contribution in [0.2, 0.25) is 0 Å². The molecule has 106 valence electrons. The van der Waals surface area contributed by atoms with Crippen molar-refractivity contribution in [3.8, 4) is 5.75 Å². The van der Waals surface area contributed by atoms with Gasteiger partial charge < -0.3 is 5.11 Å². The summed E-state index contributed by atoms with van der Waals surface area (Å²) in [5, 5.41) is 9.64. The molecule has 1 aromatic rings. The number of nitrogens with zero attached hydrogens (tertiary/aromatic N) is 1. The van der Waals surface area contributed by atoms with Crippen molar-refractivity contribution in [2.24, 2.45) is 5.41 Å². The standard InChI is InChI=1S/C17H27NO/c1-12(17(2,3)4)18(5)16-8-6-7-13-11-14(19)9-10-15(13)16/h9-12,16,19H,6-8H2,1-5H3. The van der Waals surface area contributed by atoms with Gasteiger partial charge in [-0.15, -0.1) is 0 Å². The van der Waals surface area contributed by atoms with E-state index in [9.17, 15) is 5.11 Å². The highest BCUT2D eigenvalue weighted by Gasteiger charge is 2.31. The number of hydrogen-bond acceptors (Lipinski definition) is 2. The van der Waals surface area contributed by atoms with Crippen molar-refractivity contribution in [1.82, 2.24) is 4.90 Å². The van der Waals surface area contributed by atoms with Gasteiger partial charge in [0.1, 0.15) is 5.75 Å². The van der Waals surface area contributed by atoms with Gasteiger partial charge in [0.2, 0.25) is 0 Å². The van der Waals surface area contributed by atoms with Gasteiger partial charge >= 0.3 is 0 Å². The summed E-state index contributed by atoms with van der Waals surface area (Å²) in [4.78, 5) is 2.51.